The smallest absolute Gasteiger partial charge is 0.0483 e. The van der Waals surface area contributed by atoms with Gasteiger partial charge in [-0.2, -0.15) is 0 Å². The van der Waals surface area contributed by atoms with Gasteiger partial charge in [0.25, 0.3) is 0 Å². The maximum atomic E-state index is 5.61. The quantitative estimate of drug-likeness (QED) is 0.840. The summed E-state index contributed by atoms with van der Waals surface area (Å²) in [7, 11) is 0. The van der Waals surface area contributed by atoms with Crippen molar-refractivity contribution >= 4 is 10.9 Å². The van der Waals surface area contributed by atoms with Crippen LogP contribution >= 0.6 is 0 Å². The topological polar surface area (TPSA) is 30.9 Å². The Morgan fingerprint density at radius 3 is 2.82 bits per heavy atom. The maximum absolute atomic E-state index is 5.61. The molecule has 0 saturated heterocycles. The highest BCUT2D eigenvalue weighted by molar-refractivity contribution is 5.84. The van der Waals surface area contributed by atoms with Gasteiger partial charge in [-0.1, -0.05) is 18.6 Å². The highest BCUT2D eigenvalue weighted by atomic mass is 15.0. The first kappa shape index (κ1) is 12.2. The Labute approximate surface area is 103 Å². The third kappa shape index (κ3) is 2.52. The molecule has 1 aromatic carbocycles. The van der Waals surface area contributed by atoms with E-state index in [-0.39, 0.29) is 0 Å². The van der Waals surface area contributed by atoms with Crippen LogP contribution in [-0.4, -0.2) is 11.1 Å². The summed E-state index contributed by atoms with van der Waals surface area (Å²) in [5, 5.41) is 1.41. The Kier molecular flexibility index (Phi) is 3.85. The molecule has 0 unspecified atom stereocenters. The third-order valence-electron chi connectivity index (χ3n) is 3.23. The molecule has 0 amide bonds. The lowest BCUT2D eigenvalue weighted by Gasteiger charge is -2.02. The average molecular weight is 230 g/mol. The summed E-state index contributed by atoms with van der Waals surface area (Å²) in [5.41, 5.74) is 9.76. The first-order valence-corrected chi connectivity index (χ1v) is 6.54. The van der Waals surface area contributed by atoms with Gasteiger partial charge in [0.2, 0.25) is 0 Å². The Bertz CT molecular complexity index is 497. The highest BCUT2D eigenvalue weighted by Crippen LogP contribution is 2.24. The molecule has 92 valence electrons. The number of aryl methyl sites for hydroxylation is 3. The zero-order chi connectivity index (χ0) is 12.3. The summed E-state index contributed by atoms with van der Waals surface area (Å²) in [6, 6.07) is 6.74. The van der Waals surface area contributed by atoms with Crippen molar-refractivity contribution in [1.29, 1.82) is 0 Å². The molecule has 2 nitrogen and oxygen atoms in total. The number of nitrogens with zero attached hydrogens (tertiary/aromatic N) is 1. The lowest BCUT2D eigenvalue weighted by Crippen LogP contribution is -2.00. The molecule has 17 heavy (non-hydrogen) atoms. The second kappa shape index (κ2) is 5.37. The minimum Gasteiger partial charge on any atom is -0.347 e. The van der Waals surface area contributed by atoms with Gasteiger partial charge in [-0.15, -0.1) is 0 Å². The van der Waals surface area contributed by atoms with Crippen LogP contribution in [0.3, 0.4) is 0 Å². The Hall–Kier alpha value is -1.28. The van der Waals surface area contributed by atoms with Gasteiger partial charge < -0.3 is 10.3 Å². The standard InChI is InChI=1S/C15H22N2/c1-3-9-17-11-13(5-4-8-16)14-10-12(2)6-7-15(14)17/h6-7,10-11H,3-5,8-9,16H2,1-2H3. The predicted molar refractivity (Wildman–Crippen MR) is 74.3 cm³/mol. The SMILES string of the molecule is CCCn1cc(CCCN)c2cc(C)ccc21. The van der Waals surface area contributed by atoms with E-state index >= 15 is 0 Å². The van der Waals surface area contributed by atoms with Crippen molar-refractivity contribution in [2.75, 3.05) is 6.54 Å². The van der Waals surface area contributed by atoms with Crippen molar-refractivity contribution in [3.8, 4) is 0 Å². The molecule has 0 bridgehead atoms. The van der Waals surface area contributed by atoms with E-state index in [9.17, 15) is 0 Å². The summed E-state index contributed by atoms with van der Waals surface area (Å²) in [6.07, 6.45) is 5.64. The number of fused-ring (bicyclic) bond motifs is 1. The summed E-state index contributed by atoms with van der Waals surface area (Å²) in [5.74, 6) is 0. The molecule has 0 aliphatic heterocycles. The van der Waals surface area contributed by atoms with Gasteiger partial charge in [-0.25, -0.2) is 0 Å². The van der Waals surface area contributed by atoms with Crippen LogP contribution < -0.4 is 5.73 Å². The van der Waals surface area contributed by atoms with Crippen molar-refractivity contribution in [2.45, 2.75) is 39.7 Å². The van der Waals surface area contributed by atoms with Crippen molar-refractivity contribution in [3.05, 3.63) is 35.5 Å². The van der Waals surface area contributed by atoms with E-state index in [0.717, 1.165) is 25.9 Å². The maximum Gasteiger partial charge on any atom is 0.0483 e. The molecule has 0 aliphatic carbocycles. The fourth-order valence-electron chi connectivity index (χ4n) is 2.40. The van der Waals surface area contributed by atoms with Crippen LogP contribution in [0, 0.1) is 6.92 Å². The van der Waals surface area contributed by atoms with E-state index < -0.39 is 0 Å². The summed E-state index contributed by atoms with van der Waals surface area (Å²) < 4.78 is 2.38. The fourth-order valence-corrected chi connectivity index (χ4v) is 2.40. The van der Waals surface area contributed by atoms with Gasteiger partial charge in [0, 0.05) is 23.6 Å². The van der Waals surface area contributed by atoms with E-state index in [2.05, 4.69) is 42.8 Å². The predicted octanol–water partition coefficient (Wildman–Crippen LogP) is 3.25. The largest absolute Gasteiger partial charge is 0.347 e. The van der Waals surface area contributed by atoms with Gasteiger partial charge in [-0.05, 0) is 50.4 Å². The Balaban J connectivity index is 2.46. The van der Waals surface area contributed by atoms with Crippen LogP contribution in [0.1, 0.15) is 30.9 Å². The van der Waals surface area contributed by atoms with Gasteiger partial charge in [0.05, 0.1) is 0 Å². The molecule has 2 rings (SSSR count). The molecular formula is C15H22N2. The minimum absolute atomic E-state index is 0.770. The van der Waals surface area contributed by atoms with Crippen LogP contribution in [0.2, 0.25) is 0 Å². The third-order valence-corrected chi connectivity index (χ3v) is 3.23. The van der Waals surface area contributed by atoms with Crippen molar-refractivity contribution in [2.24, 2.45) is 5.73 Å². The van der Waals surface area contributed by atoms with Crippen LogP contribution in [-0.2, 0) is 13.0 Å². The zero-order valence-corrected chi connectivity index (χ0v) is 10.9. The van der Waals surface area contributed by atoms with Crippen LogP contribution in [0.25, 0.3) is 10.9 Å². The van der Waals surface area contributed by atoms with Gasteiger partial charge in [0.1, 0.15) is 0 Å². The second-order valence-corrected chi connectivity index (χ2v) is 4.76. The normalized spacial score (nSPS) is 11.2. The molecule has 0 spiro atoms. The van der Waals surface area contributed by atoms with E-state index in [1.807, 2.05) is 0 Å². The van der Waals surface area contributed by atoms with Crippen LogP contribution in [0.15, 0.2) is 24.4 Å². The Morgan fingerprint density at radius 1 is 1.29 bits per heavy atom. The molecule has 0 atom stereocenters. The van der Waals surface area contributed by atoms with Gasteiger partial charge in [-0.3, -0.25) is 0 Å². The number of aromatic nitrogens is 1. The van der Waals surface area contributed by atoms with E-state index in [4.69, 9.17) is 5.73 Å². The van der Waals surface area contributed by atoms with Crippen molar-refractivity contribution in [1.82, 2.24) is 4.57 Å². The summed E-state index contributed by atoms with van der Waals surface area (Å²) in [6.45, 7) is 6.25. The van der Waals surface area contributed by atoms with Crippen molar-refractivity contribution in [3.63, 3.8) is 0 Å². The van der Waals surface area contributed by atoms with Gasteiger partial charge in [0.15, 0.2) is 0 Å². The molecule has 1 aromatic heterocycles. The number of nitrogens with two attached hydrogens (primary N) is 1. The zero-order valence-electron chi connectivity index (χ0n) is 10.9. The first-order valence-electron chi connectivity index (χ1n) is 6.54. The fraction of sp³-hybridized carbons (Fsp3) is 0.467. The molecule has 0 radical (unpaired) electrons. The van der Waals surface area contributed by atoms with Crippen LogP contribution in [0.5, 0.6) is 0 Å². The number of rotatable bonds is 5. The first-order chi connectivity index (χ1) is 8.26. The molecule has 0 saturated carbocycles. The highest BCUT2D eigenvalue weighted by Gasteiger charge is 2.07. The molecule has 2 aromatic rings. The minimum atomic E-state index is 0.770. The summed E-state index contributed by atoms with van der Waals surface area (Å²) in [4.78, 5) is 0. The lowest BCUT2D eigenvalue weighted by molar-refractivity contribution is 0.699. The molecule has 1 heterocycles. The second-order valence-electron chi connectivity index (χ2n) is 4.76. The summed E-state index contributed by atoms with van der Waals surface area (Å²) >= 11 is 0. The molecule has 2 heteroatoms. The Morgan fingerprint density at radius 2 is 2.12 bits per heavy atom. The average Bonchev–Trinajstić information content (AvgIpc) is 2.65. The lowest BCUT2D eigenvalue weighted by atomic mass is 10.1. The molecule has 0 aliphatic rings. The monoisotopic (exact) mass is 230 g/mol. The van der Waals surface area contributed by atoms with Crippen molar-refractivity contribution < 1.29 is 0 Å². The molecule has 0 fully saturated rings. The van der Waals surface area contributed by atoms with E-state index in [0.29, 0.717) is 0 Å². The number of hydrogen-bond acceptors (Lipinski definition) is 1. The molecule has 2 N–H and O–H groups in total. The number of benzene rings is 1. The van der Waals surface area contributed by atoms with Gasteiger partial charge >= 0.3 is 0 Å². The van der Waals surface area contributed by atoms with E-state index in [1.165, 1.54) is 28.5 Å². The van der Waals surface area contributed by atoms with E-state index in [1.54, 1.807) is 0 Å². The van der Waals surface area contributed by atoms with Crippen LogP contribution in [0.4, 0.5) is 0 Å². The number of hydrogen-bond donors (Lipinski definition) is 1. The molecular weight excluding hydrogens is 208 g/mol.